The summed E-state index contributed by atoms with van der Waals surface area (Å²) in [4.78, 5) is 12.7. The second kappa shape index (κ2) is 9.58. The van der Waals surface area contributed by atoms with Gasteiger partial charge in [0.15, 0.2) is 0 Å². The Morgan fingerprint density at radius 2 is 2.32 bits per heavy atom. The first-order chi connectivity index (χ1) is 8.62. The zero-order chi connectivity index (χ0) is 13.5. The molecule has 1 heterocycles. The maximum Gasteiger partial charge on any atom is 0.261 e. The Balaban J connectivity index is 0.00000324. The van der Waals surface area contributed by atoms with Gasteiger partial charge in [0.1, 0.15) is 9.54 Å². The predicted molar refractivity (Wildman–Crippen MR) is 85.7 cm³/mol. The van der Waals surface area contributed by atoms with Crippen LogP contribution in [0.15, 0.2) is 9.85 Å². The van der Waals surface area contributed by atoms with E-state index in [0.717, 1.165) is 23.0 Å². The molecule has 19 heavy (non-hydrogen) atoms. The molecular weight excluding hydrogens is 352 g/mol. The molecule has 0 aliphatic carbocycles. The van der Waals surface area contributed by atoms with E-state index in [1.807, 2.05) is 0 Å². The Morgan fingerprint density at radius 3 is 2.79 bits per heavy atom. The van der Waals surface area contributed by atoms with Gasteiger partial charge >= 0.3 is 0 Å². The highest BCUT2D eigenvalue weighted by atomic mass is 79.9. The third-order valence-corrected chi connectivity index (χ3v) is 4.41. The molecule has 110 valence electrons. The first-order valence-corrected chi connectivity index (χ1v) is 7.57. The summed E-state index contributed by atoms with van der Waals surface area (Å²) in [6, 6.07) is 1.78. The van der Waals surface area contributed by atoms with E-state index in [-0.39, 0.29) is 24.4 Å². The van der Waals surface area contributed by atoms with Gasteiger partial charge in [-0.15, -0.1) is 23.7 Å². The number of rotatable bonds is 7. The fraction of sp³-hybridized carbons (Fsp3) is 0.583. The summed E-state index contributed by atoms with van der Waals surface area (Å²) in [5.74, 6) is 0.596. The molecule has 0 bridgehead atoms. The summed E-state index contributed by atoms with van der Waals surface area (Å²) in [5, 5.41) is 2.95. The molecule has 0 fully saturated rings. The fourth-order valence-electron chi connectivity index (χ4n) is 1.56. The van der Waals surface area contributed by atoms with E-state index in [1.54, 1.807) is 13.2 Å². The second-order valence-corrected chi connectivity index (χ2v) is 6.37. The van der Waals surface area contributed by atoms with Crippen molar-refractivity contribution < 1.29 is 9.53 Å². The molecule has 0 aromatic carbocycles. The smallest absolute Gasteiger partial charge is 0.261 e. The summed E-state index contributed by atoms with van der Waals surface area (Å²) in [7, 11) is 1.58. The number of hydrogen-bond acceptors (Lipinski definition) is 4. The van der Waals surface area contributed by atoms with E-state index >= 15 is 0 Å². The molecule has 1 rings (SSSR count). The number of carbonyl (C=O) groups is 1. The predicted octanol–water partition coefficient (Wildman–Crippen LogP) is 3.19. The minimum atomic E-state index is -0.0875. The van der Waals surface area contributed by atoms with Crippen molar-refractivity contribution in [2.45, 2.75) is 32.2 Å². The van der Waals surface area contributed by atoms with Crippen molar-refractivity contribution in [2.75, 3.05) is 13.7 Å². The van der Waals surface area contributed by atoms with Crippen molar-refractivity contribution in [1.29, 1.82) is 0 Å². The minimum Gasteiger partial charge on any atom is -0.495 e. The summed E-state index contributed by atoms with van der Waals surface area (Å²) in [6.45, 7) is 2.59. The lowest BCUT2D eigenvalue weighted by molar-refractivity contribution is 0.0939. The van der Waals surface area contributed by atoms with Crippen LogP contribution in [0, 0.1) is 0 Å². The Labute approximate surface area is 132 Å². The number of carbonyl (C=O) groups excluding carboxylic acids is 1. The Kier molecular flexibility index (Phi) is 9.43. The number of hydrogen-bond donors (Lipinski definition) is 2. The number of halogens is 2. The van der Waals surface area contributed by atoms with E-state index < -0.39 is 0 Å². The lowest BCUT2D eigenvalue weighted by atomic mass is 10.1. The molecule has 0 spiro atoms. The Hall–Kier alpha value is -0.300. The summed E-state index contributed by atoms with van der Waals surface area (Å²) < 4.78 is 5.96. The van der Waals surface area contributed by atoms with E-state index in [0.29, 0.717) is 17.2 Å². The molecule has 4 nitrogen and oxygen atoms in total. The molecule has 7 heteroatoms. The quantitative estimate of drug-likeness (QED) is 0.773. The lowest BCUT2D eigenvalue weighted by Gasteiger charge is -2.15. The molecule has 1 atom stereocenters. The van der Waals surface area contributed by atoms with Gasteiger partial charge < -0.3 is 15.8 Å². The topological polar surface area (TPSA) is 64.3 Å². The highest BCUT2D eigenvalue weighted by Gasteiger charge is 2.16. The Bertz CT molecular complexity index is 401. The van der Waals surface area contributed by atoms with Crippen LogP contribution >= 0.6 is 39.7 Å². The van der Waals surface area contributed by atoms with Gasteiger partial charge in [0.2, 0.25) is 0 Å². The Morgan fingerprint density at radius 1 is 1.63 bits per heavy atom. The number of nitrogens with two attached hydrogens (primary N) is 1. The number of thiophene rings is 1. The van der Waals surface area contributed by atoms with Crippen LogP contribution < -0.4 is 15.8 Å². The van der Waals surface area contributed by atoms with Crippen molar-refractivity contribution in [3.63, 3.8) is 0 Å². The number of methoxy groups -OCH3 is 1. The molecule has 0 saturated carbocycles. The molecule has 0 aliphatic heterocycles. The molecule has 1 amide bonds. The van der Waals surface area contributed by atoms with Gasteiger partial charge in [-0.1, -0.05) is 19.8 Å². The maximum absolute atomic E-state index is 12.0. The SMILES string of the molecule is CCCCC(CN)NC(=O)c1cc(OC)c(Br)s1.Cl. The number of amides is 1. The van der Waals surface area contributed by atoms with Crippen molar-refractivity contribution in [3.05, 3.63) is 14.7 Å². The average Bonchev–Trinajstić information content (AvgIpc) is 2.75. The normalized spacial score (nSPS) is 11.6. The molecule has 0 saturated heterocycles. The van der Waals surface area contributed by atoms with Crippen LogP contribution in [0.1, 0.15) is 35.9 Å². The van der Waals surface area contributed by atoms with Crippen LogP contribution in [0.4, 0.5) is 0 Å². The van der Waals surface area contributed by atoms with Crippen molar-refractivity contribution in [2.24, 2.45) is 5.73 Å². The number of unbranched alkanes of at least 4 members (excludes halogenated alkanes) is 1. The van der Waals surface area contributed by atoms with Crippen LogP contribution in [0.5, 0.6) is 5.75 Å². The van der Waals surface area contributed by atoms with Gasteiger partial charge in [-0.05, 0) is 22.4 Å². The zero-order valence-electron chi connectivity index (χ0n) is 11.1. The second-order valence-electron chi connectivity index (χ2n) is 4.00. The van der Waals surface area contributed by atoms with Gasteiger partial charge in [-0.2, -0.15) is 0 Å². The molecule has 1 aromatic rings. The van der Waals surface area contributed by atoms with Gasteiger partial charge in [-0.3, -0.25) is 4.79 Å². The van der Waals surface area contributed by atoms with Crippen molar-refractivity contribution in [1.82, 2.24) is 5.32 Å². The molecule has 1 unspecified atom stereocenters. The van der Waals surface area contributed by atoms with Crippen LogP contribution in [0.3, 0.4) is 0 Å². The first kappa shape index (κ1) is 18.7. The highest BCUT2D eigenvalue weighted by molar-refractivity contribution is 9.11. The fourth-order valence-corrected chi connectivity index (χ4v) is 3.11. The van der Waals surface area contributed by atoms with Gasteiger partial charge in [-0.25, -0.2) is 0 Å². The van der Waals surface area contributed by atoms with Crippen LogP contribution in [0.25, 0.3) is 0 Å². The molecule has 0 aliphatic rings. The average molecular weight is 372 g/mol. The highest BCUT2D eigenvalue weighted by Crippen LogP contribution is 2.34. The first-order valence-electron chi connectivity index (χ1n) is 5.96. The lowest BCUT2D eigenvalue weighted by Crippen LogP contribution is -2.39. The third-order valence-electron chi connectivity index (χ3n) is 2.63. The molecular formula is C12H20BrClN2O2S. The largest absolute Gasteiger partial charge is 0.495 e. The van der Waals surface area contributed by atoms with Crippen LogP contribution in [-0.2, 0) is 0 Å². The standard InChI is InChI=1S/C12H19BrN2O2S.ClH/c1-3-4-5-8(7-14)15-12(16)10-6-9(17-2)11(13)18-10;/h6,8H,3-5,7,14H2,1-2H3,(H,15,16);1H. The van der Waals surface area contributed by atoms with Gasteiger partial charge in [0, 0.05) is 18.7 Å². The summed E-state index contributed by atoms with van der Waals surface area (Å²) >= 11 is 4.72. The zero-order valence-corrected chi connectivity index (χ0v) is 14.3. The van der Waals surface area contributed by atoms with E-state index in [1.165, 1.54) is 11.3 Å². The summed E-state index contributed by atoms with van der Waals surface area (Å²) in [5.41, 5.74) is 5.66. The monoisotopic (exact) mass is 370 g/mol. The van der Waals surface area contributed by atoms with Crippen LogP contribution in [0.2, 0.25) is 0 Å². The van der Waals surface area contributed by atoms with E-state index in [9.17, 15) is 4.79 Å². The van der Waals surface area contributed by atoms with Crippen molar-refractivity contribution in [3.8, 4) is 5.75 Å². The molecule has 3 N–H and O–H groups in total. The third kappa shape index (κ3) is 5.69. The maximum atomic E-state index is 12.0. The number of ether oxygens (including phenoxy) is 1. The van der Waals surface area contributed by atoms with Gasteiger partial charge in [0.25, 0.3) is 5.91 Å². The summed E-state index contributed by atoms with van der Waals surface area (Å²) in [6.07, 6.45) is 3.09. The number of nitrogens with one attached hydrogen (secondary N) is 1. The molecule has 1 aromatic heterocycles. The van der Waals surface area contributed by atoms with E-state index in [2.05, 4.69) is 28.2 Å². The minimum absolute atomic E-state index is 0. The van der Waals surface area contributed by atoms with Crippen LogP contribution in [-0.4, -0.2) is 25.6 Å². The van der Waals surface area contributed by atoms with E-state index in [4.69, 9.17) is 10.5 Å². The van der Waals surface area contributed by atoms with Crippen molar-refractivity contribution >= 4 is 45.6 Å². The van der Waals surface area contributed by atoms with Gasteiger partial charge in [0.05, 0.1) is 12.0 Å². The molecule has 0 radical (unpaired) electrons.